The molecule has 0 aromatic heterocycles. The van der Waals surface area contributed by atoms with Crippen LogP contribution in [0.25, 0.3) is 0 Å². The minimum absolute atomic E-state index is 1.16. The second-order valence-corrected chi connectivity index (χ2v) is 4.71. The smallest absolute Gasteiger partial charge is 0.0236 e. The Balaban J connectivity index is 3.05. The highest BCUT2D eigenvalue weighted by Crippen LogP contribution is 2.32. The van der Waals surface area contributed by atoms with Crippen LogP contribution in [0.1, 0.15) is 53.4 Å². The second-order valence-electron chi connectivity index (χ2n) is 4.71. The van der Waals surface area contributed by atoms with Gasteiger partial charge in [0.05, 0.1) is 0 Å². The van der Waals surface area contributed by atoms with Crippen molar-refractivity contribution in [3.05, 3.63) is 46.6 Å². The highest BCUT2D eigenvalue weighted by molar-refractivity contribution is 5.50. The maximum Gasteiger partial charge on any atom is -0.0236 e. The molecule has 0 N–H and O–H groups in total. The molecule has 0 heteroatoms. The third-order valence-electron chi connectivity index (χ3n) is 3.31. The Hall–Kier alpha value is -1.04. The molecular weight excluding hydrogens is 192 g/mol. The third kappa shape index (κ3) is 2.98. The molecule has 1 aliphatic carbocycles. The quantitative estimate of drug-likeness (QED) is 0.594. The number of hydrogen-bond acceptors (Lipinski definition) is 0. The minimum atomic E-state index is 1.16. The van der Waals surface area contributed by atoms with Crippen molar-refractivity contribution in [3.63, 3.8) is 0 Å². The van der Waals surface area contributed by atoms with Crippen molar-refractivity contribution in [1.82, 2.24) is 0 Å². The Morgan fingerprint density at radius 3 is 2.62 bits per heavy atom. The van der Waals surface area contributed by atoms with Gasteiger partial charge in [0, 0.05) is 0 Å². The summed E-state index contributed by atoms with van der Waals surface area (Å²) in [4.78, 5) is 0. The lowest BCUT2D eigenvalue weighted by molar-refractivity contribution is 0.865. The fraction of sp³-hybridized carbons (Fsp3) is 0.500. The molecular formula is C16H24. The van der Waals surface area contributed by atoms with Crippen molar-refractivity contribution >= 4 is 0 Å². The van der Waals surface area contributed by atoms with Crippen LogP contribution in [0, 0.1) is 0 Å². The van der Waals surface area contributed by atoms with E-state index < -0.39 is 0 Å². The first-order valence-corrected chi connectivity index (χ1v) is 6.31. The van der Waals surface area contributed by atoms with Crippen molar-refractivity contribution in [2.24, 2.45) is 0 Å². The molecule has 0 aliphatic heterocycles. The van der Waals surface area contributed by atoms with Crippen LogP contribution in [-0.4, -0.2) is 0 Å². The fourth-order valence-corrected chi connectivity index (χ4v) is 2.23. The first-order chi connectivity index (χ1) is 7.60. The van der Waals surface area contributed by atoms with E-state index in [1.165, 1.54) is 47.1 Å². The van der Waals surface area contributed by atoms with Gasteiger partial charge in [0.1, 0.15) is 0 Å². The number of rotatable bonds is 4. The van der Waals surface area contributed by atoms with Gasteiger partial charge in [-0.3, -0.25) is 0 Å². The van der Waals surface area contributed by atoms with Gasteiger partial charge in [-0.05, 0) is 56.8 Å². The van der Waals surface area contributed by atoms with Crippen molar-refractivity contribution < 1.29 is 0 Å². The third-order valence-corrected chi connectivity index (χ3v) is 3.31. The monoisotopic (exact) mass is 216 g/mol. The summed E-state index contributed by atoms with van der Waals surface area (Å²) in [5, 5.41) is 0. The summed E-state index contributed by atoms with van der Waals surface area (Å²) in [6.45, 7) is 12.8. The van der Waals surface area contributed by atoms with Gasteiger partial charge in [0.25, 0.3) is 0 Å². The molecule has 0 saturated carbocycles. The van der Waals surface area contributed by atoms with Gasteiger partial charge in [0.2, 0.25) is 0 Å². The van der Waals surface area contributed by atoms with Crippen LogP contribution in [0.2, 0.25) is 0 Å². The Labute approximate surface area is 100 Å². The normalized spacial score (nSPS) is 17.5. The highest BCUT2D eigenvalue weighted by Gasteiger charge is 2.13. The Bertz CT molecular complexity index is 361. The average Bonchev–Trinajstić information content (AvgIpc) is 2.26. The van der Waals surface area contributed by atoms with Crippen LogP contribution in [-0.2, 0) is 0 Å². The molecule has 0 unspecified atom stereocenters. The summed E-state index contributed by atoms with van der Waals surface area (Å²) in [7, 11) is 0. The largest absolute Gasteiger partial charge is 0.0958 e. The molecule has 0 bridgehead atoms. The first kappa shape index (κ1) is 13.0. The summed E-state index contributed by atoms with van der Waals surface area (Å²) >= 11 is 0. The number of allylic oxidation sites excluding steroid dienone is 7. The molecule has 0 aromatic rings. The van der Waals surface area contributed by atoms with E-state index in [1.54, 1.807) is 0 Å². The van der Waals surface area contributed by atoms with Crippen LogP contribution in [0.3, 0.4) is 0 Å². The van der Waals surface area contributed by atoms with E-state index in [4.69, 9.17) is 0 Å². The maximum absolute atomic E-state index is 4.06. The Kier molecular flexibility index (Phi) is 4.79. The first-order valence-electron chi connectivity index (χ1n) is 6.31. The molecule has 0 aromatic carbocycles. The predicted molar refractivity (Wildman–Crippen MR) is 73.5 cm³/mol. The molecule has 0 fully saturated rings. The molecule has 0 nitrogen and oxygen atoms in total. The molecule has 16 heavy (non-hydrogen) atoms. The van der Waals surface area contributed by atoms with Gasteiger partial charge in [-0.1, -0.05) is 43.2 Å². The van der Waals surface area contributed by atoms with E-state index in [0.717, 1.165) is 6.42 Å². The maximum atomic E-state index is 4.06. The van der Waals surface area contributed by atoms with Crippen molar-refractivity contribution in [3.8, 4) is 0 Å². The molecule has 0 spiro atoms. The molecule has 0 saturated heterocycles. The lowest BCUT2D eigenvalue weighted by Gasteiger charge is -2.20. The second kappa shape index (κ2) is 5.89. The van der Waals surface area contributed by atoms with Gasteiger partial charge >= 0.3 is 0 Å². The summed E-state index contributed by atoms with van der Waals surface area (Å²) < 4.78 is 0. The van der Waals surface area contributed by atoms with Crippen molar-refractivity contribution in [2.75, 3.05) is 0 Å². The van der Waals surface area contributed by atoms with E-state index in [-0.39, 0.29) is 0 Å². The van der Waals surface area contributed by atoms with Crippen molar-refractivity contribution in [2.45, 2.75) is 53.4 Å². The SMILES string of the molecule is C=C(C)C1=CC(C(=CC)CCC)=C(C)CC1. The summed E-state index contributed by atoms with van der Waals surface area (Å²) in [5.41, 5.74) is 7.15. The molecule has 1 aliphatic rings. The van der Waals surface area contributed by atoms with Crippen LogP contribution in [0.15, 0.2) is 46.6 Å². The van der Waals surface area contributed by atoms with E-state index in [1.807, 2.05) is 0 Å². The zero-order valence-corrected chi connectivity index (χ0v) is 11.2. The van der Waals surface area contributed by atoms with Gasteiger partial charge in [0.15, 0.2) is 0 Å². The topological polar surface area (TPSA) is 0 Å². The Morgan fingerprint density at radius 2 is 2.12 bits per heavy atom. The zero-order valence-electron chi connectivity index (χ0n) is 11.2. The zero-order chi connectivity index (χ0) is 12.1. The van der Waals surface area contributed by atoms with E-state index in [9.17, 15) is 0 Å². The lowest BCUT2D eigenvalue weighted by atomic mass is 9.85. The standard InChI is InChI=1S/C16H24/c1-6-8-14(7-2)16-11-15(12(3)4)10-9-13(16)5/h7,11H,3,6,8-10H2,1-2,4-5H3. The van der Waals surface area contributed by atoms with Crippen LogP contribution >= 0.6 is 0 Å². The van der Waals surface area contributed by atoms with E-state index in [2.05, 4.69) is 46.4 Å². The van der Waals surface area contributed by atoms with Crippen molar-refractivity contribution in [1.29, 1.82) is 0 Å². The van der Waals surface area contributed by atoms with Gasteiger partial charge in [-0.2, -0.15) is 0 Å². The van der Waals surface area contributed by atoms with Crippen LogP contribution < -0.4 is 0 Å². The van der Waals surface area contributed by atoms with E-state index >= 15 is 0 Å². The average molecular weight is 216 g/mol. The van der Waals surface area contributed by atoms with Crippen LogP contribution in [0.4, 0.5) is 0 Å². The molecule has 88 valence electrons. The summed E-state index contributed by atoms with van der Waals surface area (Å²) in [6, 6.07) is 0. The molecule has 1 rings (SSSR count). The molecule has 0 heterocycles. The van der Waals surface area contributed by atoms with Gasteiger partial charge in [-0.25, -0.2) is 0 Å². The van der Waals surface area contributed by atoms with E-state index in [0.29, 0.717) is 0 Å². The van der Waals surface area contributed by atoms with Crippen LogP contribution in [0.5, 0.6) is 0 Å². The minimum Gasteiger partial charge on any atom is -0.0958 e. The van der Waals surface area contributed by atoms with Gasteiger partial charge in [-0.15, -0.1) is 0 Å². The highest BCUT2D eigenvalue weighted by atomic mass is 14.2. The fourth-order valence-electron chi connectivity index (χ4n) is 2.23. The lowest BCUT2D eigenvalue weighted by Crippen LogP contribution is -2.01. The van der Waals surface area contributed by atoms with Gasteiger partial charge < -0.3 is 0 Å². The molecule has 0 radical (unpaired) electrons. The molecule has 0 amide bonds. The Morgan fingerprint density at radius 1 is 1.44 bits per heavy atom. The summed E-state index contributed by atoms with van der Waals surface area (Å²) in [6.07, 6.45) is 9.37. The number of hydrogen-bond donors (Lipinski definition) is 0. The summed E-state index contributed by atoms with van der Waals surface area (Å²) in [5.74, 6) is 0. The predicted octanol–water partition coefficient (Wildman–Crippen LogP) is 5.35. The molecule has 0 atom stereocenters.